The first-order valence-corrected chi connectivity index (χ1v) is 15.0. The van der Waals surface area contributed by atoms with Crippen molar-refractivity contribution in [1.29, 1.82) is 0 Å². The summed E-state index contributed by atoms with van der Waals surface area (Å²) in [6.45, 7) is 13.7. The Morgan fingerprint density at radius 2 is 1.63 bits per heavy atom. The van der Waals surface area contributed by atoms with E-state index in [1.165, 1.54) is 64.7 Å². The lowest BCUT2D eigenvalue weighted by Gasteiger charge is -2.61. The zero-order chi connectivity index (χ0) is 25.6. The molecule has 0 heterocycles. The van der Waals surface area contributed by atoms with Gasteiger partial charge >= 0.3 is 11.9 Å². The number of esters is 1. The Morgan fingerprint density at radius 3 is 2.31 bits per heavy atom. The summed E-state index contributed by atoms with van der Waals surface area (Å²) >= 11 is 0. The van der Waals surface area contributed by atoms with E-state index < -0.39 is 18.3 Å². The number of carbonyl (C=O) groups is 1. The third kappa shape index (κ3) is 5.07. The van der Waals surface area contributed by atoms with Gasteiger partial charge in [-0.3, -0.25) is 0 Å². The van der Waals surface area contributed by atoms with Crippen LogP contribution in [0.15, 0.2) is 0 Å². The first-order valence-electron chi connectivity index (χ1n) is 15.0. The quantitative estimate of drug-likeness (QED) is 0.315. The van der Waals surface area contributed by atoms with E-state index in [1.54, 1.807) is 0 Å². The summed E-state index contributed by atoms with van der Waals surface area (Å²) in [6.07, 6.45) is 13.8. The molecule has 0 aliphatic heterocycles. The minimum Gasteiger partial charge on any atom is -0.458 e. The average molecular weight is 495 g/mol. The Hall–Kier alpha value is -0.670. The van der Waals surface area contributed by atoms with Crippen molar-refractivity contribution in [3.8, 4) is 0 Å². The number of carbonyl (C=O) groups excluding carboxylic acids is 1. The summed E-state index contributed by atoms with van der Waals surface area (Å²) in [5, 5.41) is 0. The normalized spacial score (nSPS) is 42.2. The first kappa shape index (κ1) is 27.4. The van der Waals surface area contributed by atoms with Gasteiger partial charge in [0.25, 0.3) is 0 Å². The van der Waals surface area contributed by atoms with Gasteiger partial charge in [0.05, 0.1) is 0 Å². The van der Waals surface area contributed by atoms with Crippen molar-refractivity contribution in [2.24, 2.45) is 52.3 Å². The maximum Gasteiger partial charge on any atom is 0.377 e. The topological polar surface area (TPSA) is 26.3 Å². The molecule has 4 rings (SSSR count). The van der Waals surface area contributed by atoms with Gasteiger partial charge in [0, 0.05) is 6.42 Å². The molecule has 0 aromatic carbocycles. The molecule has 0 amide bonds. The fourth-order valence-corrected chi connectivity index (χ4v) is 9.73. The number of fused-ring (bicyclic) bond motifs is 5. The van der Waals surface area contributed by atoms with E-state index in [0.717, 1.165) is 54.8 Å². The van der Waals surface area contributed by atoms with E-state index >= 15 is 0 Å². The van der Waals surface area contributed by atoms with Crippen LogP contribution in [0.3, 0.4) is 0 Å². The molecule has 0 radical (unpaired) electrons. The van der Waals surface area contributed by atoms with Gasteiger partial charge in [-0.15, -0.1) is 0 Å². The van der Waals surface area contributed by atoms with Crippen molar-refractivity contribution in [2.45, 2.75) is 137 Å². The highest BCUT2D eigenvalue weighted by atomic mass is 19.3. The molecule has 4 aliphatic rings. The van der Waals surface area contributed by atoms with E-state index in [2.05, 4.69) is 34.6 Å². The Labute approximate surface area is 213 Å². The maximum absolute atomic E-state index is 13.8. The SMILES string of the molecule is CCC(F)(F)C(=O)OC1CCC2(C)C(CCC3C2CCC2(C)C(C(C)CCCC(C)C)CCC32)C1. The second kappa shape index (κ2) is 10.2. The first-order chi connectivity index (χ1) is 16.4. The van der Waals surface area contributed by atoms with Crippen LogP contribution >= 0.6 is 0 Å². The summed E-state index contributed by atoms with van der Waals surface area (Å²) in [6, 6.07) is 0. The van der Waals surface area contributed by atoms with Crippen molar-refractivity contribution < 1.29 is 18.3 Å². The zero-order valence-corrected chi connectivity index (χ0v) is 23.4. The van der Waals surface area contributed by atoms with Crippen LogP contribution in [-0.2, 0) is 9.53 Å². The molecule has 0 aromatic rings. The van der Waals surface area contributed by atoms with E-state index in [1.807, 2.05) is 0 Å². The number of alkyl halides is 2. The molecule has 0 bridgehead atoms. The molecule has 4 fully saturated rings. The van der Waals surface area contributed by atoms with Gasteiger partial charge in [-0.25, -0.2) is 4.79 Å². The standard InChI is InChI=1S/C31H52F2O2/c1-7-31(32,33)28(34)35-23-15-17-29(5)22(19-23)11-12-24-26-14-13-25(21(4)10-8-9-20(2)3)30(26,6)18-16-27(24)29/h20-27H,7-19H2,1-6H3. The van der Waals surface area contributed by atoms with E-state index in [-0.39, 0.29) is 11.5 Å². The van der Waals surface area contributed by atoms with Crippen molar-refractivity contribution in [1.82, 2.24) is 0 Å². The molecule has 0 aromatic heterocycles. The average Bonchev–Trinajstić information content (AvgIpc) is 3.16. The second-order valence-electron chi connectivity index (χ2n) is 14.0. The molecule has 9 atom stereocenters. The van der Waals surface area contributed by atoms with Gasteiger partial charge in [0.15, 0.2) is 0 Å². The molecule has 4 heteroatoms. The molecular weight excluding hydrogens is 442 g/mol. The number of hydrogen-bond acceptors (Lipinski definition) is 2. The Balaban J connectivity index is 1.40. The molecular formula is C31H52F2O2. The van der Waals surface area contributed by atoms with Crippen molar-refractivity contribution >= 4 is 5.97 Å². The molecule has 2 nitrogen and oxygen atoms in total. The Bertz CT molecular complexity index is 750. The van der Waals surface area contributed by atoms with Crippen LogP contribution in [-0.4, -0.2) is 18.0 Å². The van der Waals surface area contributed by atoms with Gasteiger partial charge in [-0.1, -0.05) is 60.8 Å². The minimum atomic E-state index is -3.35. The van der Waals surface area contributed by atoms with E-state index in [4.69, 9.17) is 4.74 Å². The predicted molar refractivity (Wildman–Crippen MR) is 138 cm³/mol. The van der Waals surface area contributed by atoms with Crippen LogP contribution in [0.1, 0.15) is 125 Å². The van der Waals surface area contributed by atoms with E-state index in [0.29, 0.717) is 11.3 Å². The summed E-state index contributed by atoms with van der Waals surface area (Å²) < 4.78 is 33.0. The van der Waals surface area contributed by atoms with Crippen LogP contribution in [0, 0.1) is 52.3 Å². The minimum absolute atomic E-state index is 0.279. The van der Waals surface area contributed by atoms with Crippen LogP contribution in [0.5, 0.6) is 0 Å². The fourth-order valence-electron chi connectivity index (χ4n) is 9.73. The molecule has 35 heavy (non-hydrogen) atoms. The van der Waals surface area contributed by atoms with Gasteiger partial charge in [-0.2, -0.15) is 8.78 Å². The van der Waals surface area contributed by atoms with Crippen molar-refractivity contribution in [2.75, 3.05) is 0 Å². The van der Waals surface area contributed by atoms with Crippen LogP contribution in [0.25, 0.3) is 0 Å². The largest absolute Gasteiger partial charge is 0.458 e. The predicted octanol–water partition coefficient (Wildman–Crippen LogP) is 9.06. The summed E-state index contributed by atoms with van der Waals surface area (Å²) in [4.78, 5) is 12.0. The molecule has 0 spiro atoms. The number of rotatable bonds is 8. The lowest BCUT2D eigenvalue weighted by Crippen LogP contribution is -2.54. The lowest BCUT2D eigenvalue weighted by atomic mass is 9.44. The third-order valence-electron chi connectivity index (χ3n) is 11.8. The monoisotopic (exact) mass is 494 g/mol. The second-order valence-corrected chi connectivity index (χ2v) is 14.0. The number of ether oxygens (including phenoxy) is 1. The number of halogens is 2. The fraction of sp³-hybridized carbons (Fsp3) is 0.968. The smallest absolute Gasteiger partial charge is 0.377 e. The summed E-state index contributed by atoms with van der Waals surface area (Å²) in [5.41, 5.74) is 0.779. The van der Waals surface area contributed by atoms with Crippen LogP contribution < -0.4 is 0 Å². The highest BCUT2D eigenvalue weighted by molar-refractivity contribution is 5.77. The molecule has 4 aliphatic carbocycles. The zero-order valence-electron chi connectivity index (χ0n) is 23.4. The third-order valence-corrected chi connectivity index (χ3v) is 11.8. The maximum atomic E-state index is 13.8. The molecule has 202 valence electrons. The highest BCUT2D eigenvalue weighted by Crippen LogP contribution is 2.68. The summed E-state index contributed by atoms with van der Waals surface area (Å²) in [7, 11) is 0. The number of hydrogen-bond donors (Lipinski definition) is 0. The lowest BCUT2D eigenvalue weighted by molar-refractivity contribution is -0.187. The van der Waals surface area contributed by atoms with Crippen molar-refractivity contribution in [3.63, 3.8) is 0 Å². The van der Waals surface area contributed by atoms with Crippen LogP contribution in [0.4, 0.5) is 8.78 Å². The van der Waals surface area contributed by atoms with Crippen molar-refractivity contribution in [3.05, 3.63) is 0 Å². The Morgan fingerprint density at radius 1 is 0.943 bits per heavy atom. The van der Waals surface area contributed by atoms with Gasteiger partial charge in [0.1, 0.15) is 6.10 Å². The highest BCUT2D eigenvalue weighted by Gasteiger charge is 2.60. The molecule has 0 N–H and O–H groups in total. The van der Waals surface area contributed by atoms with E-state index in [9.17, 15) is 13.6 Å². The molecule has 9 unspecified atom stereocenters. The summed E-state index contributed by atoms with van der Waals surface area (Å²) in [5.74, 6) is 0.793. The Kier molecular flexibility index (Phi) is 8.01. The molecule has 4 saturated carbocycles. The van der Waals surface area contributed by atoms with Gasteiger partial charge < -0.3 is 4.74 Å². The molecule has 0 saturated heterocycles. The van der Waals surface area contributed by atoms with Gasteiger partial charge in [-0.05, 0) is 110 Å². The van der Waals surface area contributed by atoms with Gasteiger partial charge in [0.2, 0.25) is 0 Å². The van der Waals surface area contributed by atoms with Crippen LogP contribution in [0.2, 0.25) is 0 Å².